The van der Waals surface area contributed by atoms with E-state index in [1.807, 2.05) is 20.8 Å². The van der Waals surface area contributed by atoms with Gasteiger partial charge in [0.1, 0.15) is 17.3 Å². The molecule has 8 heteroatoms. The second-order valence-electron chi connectivity index (χ2n) is 8.34. The Morgan fingerprint density at radius 1 is 1.09 bits per heavy atom. The average molecular weight is 465 g/mol. The van der Waals surface area contributed by atoms with Crippen LogP contribution in [-0.4, -0.2) is 20.3 Å². The molecule has 4 rings (SSSR count). The Morgan fingerprint density at radius 3 is 2.53 bits per heavy atom. The summed E-state index contributed by atoms with van der Waals surface area (Å²) in [4.78, 5) is 25.9. The number of hydrogen-bond acceptors (Lipinski definition) is 3. The van der Waals surface area contributed by atoms with Gasteiger partial charge in [0, 0.05) is 29.6 Å². The minimum Gasteiger partial charge on any atom is -0.326 e. The first-order chi connectivity index (χ1) is 16.2. The van der Waals surface area contributed by atoms with Crippen LogP contribution in [0.5, 0.6) is 0 Å². The Balaban J connectivity index is 1.70. The number of fused-ring (bicyclic) bond motifs is 1. The molecule has 6 nitrogen and oxygen atoms in total. The summed E-state index contributed by atoms with van der Waals surface area (Å²) in [7, 11) is 0. The molecule has 0 radical (unpaired) electrons. The Kier molecular flexibility index (Phi) is 6.32. The topological polar surface area (TPSA) is 68.9 Å². The van der Waals surface area contributed by atoms with Gasteiger partial charge in [0.05, 0.1) is 11.4 Å². The van der Waals surface area contributed by atoms with Gasteiger partial charge in [0.25, 0.3) is 5.56 Å². The summed E-state index contributed by atoms with van der Waals surface area (Å²) >= 11 is 0. The molecule has 4 aromatic rings. The van der Waals surface area contributed by atoms with Crippen LogP contribution in [0.3, 0.4) is 0 Å². The largest absolute Gasteiger partial charge is 0.326 e. The first-order valence-corrected chi connectivity index (χ1v) is 11.1. The molecular weight excluding hydrogens is 438 g/mol. The standard InChI is InChI=1S/C26H26F2N4O2/c1-5-31-25-24(17(4)30-32(25)20-8-6-7-18(27)13-20)16(3)21(26(31)34)11-12-23(33)29-19-10-9-15(2)22(28)14-19/h6-10,13-14H,5,11-12H2,1-4H3,(H,29,33). The summed E-state index contributed by atoms with van der Waals surface area (Å²) in [6.07, 6.45) is 0.295. The van der Waals surface area contributed by atoms with Gasteiger partial charge in [0.15, 0.2) is 0 Å². The molecule has 0 saturated heterocycles. The van der Waals surface area contributed by atoms with Crippen LogP contribution in [0.25, 0.3) is 16.7 Å². The molecule has 0 aliphatic rings. The van der Waals surface area contributed by atoms with Gasteiger partial charge in [-0.1, -0.05) is 12.1 Å². The summed E-state index contributed by atoms with van der Waals surface area (Å²) in [5.74, 6) is -1.09. The van der Waals surface area contributed by atoms with Crippen LogP contribution >= 0.6 is 0 Å². The number of aromatic nitrogens is 3. The van der Waals surface area contributed by atoms with Gasteiger partial charge in [-0.2, -0.15) is 5.10 Å². The maximum absolute atomic E-state index is 13.9. The molecule has 0 aliphatic carbocycles. The number of anilines is 1. The summed E-state index contributed by atoms with van der Waals surface area (Å²) in [5, 5.41) is 8.09. The van der Waals surface area contributed by atoms with Gasteiger partial charge >= 0.3 is 0 Å². The molecule has 176 valence electrons. The van der Waals surface area contributed by atoms with Crippen molar-refractivity contribution in [3.05, 3.63) is 86.8 Å². The van der Waals surface area contributed by atoms with Gasteiger partial charge in [-0.15, -0.1) is 0 Å². The summed E-state index contributed by atoms with van der Waals surface area (Å²) in [5.41, 5.74) is 3.77. The van der Waals surface area contributed by atoms with Gasteiger partial charge in [0.2, 0.25) is 5.91 Å². The Labute approximate surface area is 195 Å². The van der Waals surface area contributed by atoms with Crippen molar-refractivity contribution in [2.75, 3.05) is 5.32 Å². The predicted molar refractivity (Wildman–Crippen MR) is 129 cm³/mol. The molecule has 34 heavy (non-hydrogen) atoms. The number of hydrogen-bond donors (Lipinski definition) is 1. The molecule has 0 bridgehead atoms. The van der Waals surface area contributed by atoms with E-state index >= 15 is 0 Å². The second kappa shape index (κ2) is 9.21. The van der Waals surface area contributed by atoms with E-state index in [4.69, 9.17) is 0 Å². The van der Waals surface area contributed by atoms with Crippen LogP contribution in [0, 0.1) is 32.4 Å². The molecule has 0 fully saturated rings. The quantitative estimate of drug-likeness (QED) is 0.438. The zero-order valence-electron chi connectivity index (χ0n) is 19.6. The molecule has 0 unspecified atom stereocenters. The molecule has 2 heterocycles. The second-order valence-corrected chi connectivity index (χ2v) is 8.34. The van der Waals surface area contributed by atoms with E-state index in [2.05, 4.69) is 10.4 Å². The lowest BCUT2D eigenvalue weighted by Gasteiger charge is -2.14. The fourth-order valence-corrected chi connectivity index (χ4v) is 4.28. The number of nitrogens with one attached hydrogen (secondary N) is 1. The highest BCUT2D eigenvalue weighted by molar-refractivity contribution is 5.91. The van der Waals surface area contributed by atoms with E-state index < -0.39 is 11.6 Å². The molecule has 1 amide bonds. The number of carbonyl (C=O) groups is 1. The van der Waals surface area contributed by atoms with E-state index in [1.165, 1.54) is 18.2 Å². The van der Waals surface area contributed by atoms with Crippen molar-refractivity contribution in [1.82, 2.24) is 14.3 Å². The smallest absolute Gasteiger partial charge is 0.255 e. The maximum atomic E-state index is 13.9. The van der Waals surface area contributed by atoms with Crippen LogP contribution in [0.4, 0.5) is 14.5 Å². The van der Waals surface area contributed by atoms with Gasteiger partial charge in [-0.05, 0) is 75.6 Å². The first-order valence-electron chi connectivity index (χ1n) is 11.1. The van der Waals surface area contributed by atoms with Gasteiger partial charge in [-0.3, -0.25) is 14.2 Å². The number of benzene rings is 2. The number of pyridine rings is 1. The van der Waals surface area contributed by atoms with Crippen molar-refractivity contribution in [2.45, 2.75) is 47.1 Å². The van der Waals surface area contributed by atoms with E-state index in [-0.39, 0.29) is 24.3 Å². The number of aryl methyl sites for hydroxylation is 4. The minimum absolute atomic E-state index is 0.0673. The fourth-order valence-electron chi connectivity index (χ4n) is 4.28. The maximum Gasteiger partial charge on any atom is 0.255 e. The Morgan fingerprint density at radius 2 is 1.85 bits per heavy atom. The fraction of sp³-hybridized carbons (Fsp3) is 0.269. The van der Waals surface area contributed by atoms with Crippen LogP contribution in [0.1, 0.15) is 35.7 Å². The van der Waals surface area contributed by atoms with Gasteiger partial charge in [-0.25, -0.2) is 13.5 Å². The van der Waals surface area contributed by atoms with E-state index in [0.29, 0.717) is 40.4 Å². The number of carbonyl (C=O) groups excluding carboxylic acids is 1. The van der Waals surface area contributed by atoms with Crippen LogP contribution in [-0.2, 0) is 17.8 Å². The molecule has 0 atom stereocenters. The molecule has 2 aromatic heterocycles. The van der Waals surface area contributed by atoms with Gasteiger partial charge < -0.3 is 5.32 Å². The van der Waals surface area contributed by atoms with E-state index in [9.17, 15) is 18.4 Å². The molecule has 1 N–H and O–H groups in total. The highest BCUT2D eigenvalue weighted by Gasteiger charge is 2.21. The zero-order valence-corrected chi connectivity index (χ0v) is 19.6. The van der Waals surface area contributed by atoms with Crippen molar-refractivity contribution in [3.8, 4) is 5.69 Å². The monoisotopic (exact) mass is 464 g/mol. The first kappa shape index (κ1) is 23.4. The summed E-state index contributed by atoms with van der Waals surface area (Å²) < 4.78 is 30.8. The predicted octanol–water partition coefficient (Wildman–Crippen LogP) is 4.98. The molecule has 0 spiro atoms. The third-order valence-electron chi connectivity index (χ3n) is 6.05. The van der Waals surface area contributed by atoms with Crippen molar-refractivity contribution in [1.29, 1.82) is 0 Å². The molecule has 0 saturated carbocycles. The highest BCUT2D eigenvalue weighted by Crippen LogP contribution is 2.26. The minimum atomic E-state index is -0.393. The Hall–Kier alpha value is -3.81. The molecule has 2 aromatic carbocycles. The number of halogens is 2. The van der Waals surface area contributed by atoms with E-state index in [1.54, 1.807) is 40.4 Å². The lowest BCUT2D eigenvalue weighted by Crippen LogP contribution is -2.27. The van der Waals surface area contributed by atoms with Crippen molar-refractivity contribution < 1.29 is 13.6 Å². The number of nitrogens with zero attached hydrogens (tertiary/aromatic N) is 3. The third kappa shape index (κ3) is 4.23. The van der Waals surface area contributed by atoms with Crippen LogP contribution < -0.4 is 10.9 Å². The lowest BCUT2D eigenvalue weighted by atomic mass is 10.0. The lowest BCUT2D eigenvalue weighted by molar-refractivity contribution is -0.116. The molecule has 0 aliphatic heterocycles. The SMILES string of the molecule is CCn1c(=O)c(CCC(=O)Nc2ccc(C)c(F)c2)c(C)c2c(C)nn(-c3cccc(F)c3)c21. The van der Waals surface area contributed by atoms with Crippen molar-refractivity contribution >= 4 is 22.6 Å². The summed E-state index contributed by atoms with van der Waals surface area (Å²) in [6.45, 7) is 7.58. The van der Waals surface area contributed by atoms with E-state index in [0.717, 1.165) is 10.9 Å². The normalized spacial score (nSPS) is 11.2. The Bertz CT molecular complexity index is 1470. The van der Waals surface area contributed by atoms with Crippen LogP contribution in [0.2, 0.25) is 0 Å². The number of amides is 1. The van der Waals surface area contributed by atoms with Crippen molar-refractivity contribution in [2.24, 2.45) is 0 Å². The van der Waals surface area contributed by atoms with Crippen molar-refractivity contribution in [3.63, 3.8) is 0 Å². The molecular formula is C26H26F2N4O2. The zero-order chi connectivity index (χ0) is 24.6. The average Bonchev–Trinajstić information content (AvgIpc) is 3.13. The summed E-state index contributed by atoms with van der Waals surface area (Å²) in [6, 6.07) is 10.6. The number of rotatable bonds is 6. The third-order valence-corrected chi connectivity index (χ3v) is 6.05. The highest BCUT2D eigenvalue weighted by atomic mass is 19.1. The van der Waals surface area contributed by atoms with Crippen LogP contribution in [0.15, 0.2) is 47.3 Å².